The standard InChI is InChI=1S/C13H23N5O2/c1-8(2)11-12(18(19)20)13(16(4)15-11)17-6-5-9(3)10(14)7-17/h8-10H,5-7,14H2,1-4H3. The number of nitrogens with two attached hydrogens (primary N) is 1. The predicted octanol–water partition coefficient (Wildman–Crippen LogP) is 1.63. The van der Waals surface area contributed by atoms with Crippen LogP contribution in [0.4, 0.5) is 11.5 Å². The second-order valence-corrected chi connectivity index (χ2v) is 5.97. The normalized spacial score (nSPS) is 23.4. The highest BCUT2D eigenvalue weighted by molar-refractivity contribution is 5.62. The van der Waals surface area contributed by atoms with Gasteiger partial charge in [-0.1, -0.05) is 20.8 Å². The minimum Gasteiger partial charge on any atom is -0.350 e. The number of hydrogen-bond acceptors (Lipinski definition) is 5. The first-order valence-electron chi connectivity index (χ1n) is 7.04. The van der Waals surface area contributed by atoms with Gasteiger partial charge in [0.1, 0.15) is 5.69 Å². The SMILES string of the molecule is CC(C)c1nn(C)c(N2CCC(C)C(N)C2)c1[N+](=O)[O-]. The summed E-state index contributed by atoms with van der Waals surface area (Å²) in [7, 11) is 1.76. The Bertz CT molecular complexity index is 511. The van der Waals surface area contributed by atoms with Gasteiger partial charge >= 0.3 is 5.69 Å². The number of anilines is 1. The molecule has 2 unspecified atom stereocenters. The first-order chi connectivity index (χ1) is 9.32. The van der Waals surface area contributed by atoms with E-state index in [9.17, 15) is 10.1 Å². The topological polar surface area (TPSA) is 90.2 Å². The molecule has 2 atom stereocenters. The van der Waals surface area contributed by atoms with Gasteiger partial charge in [0.25, 0.3) is 0 Å². The highest BCUT2D eigenvalue weighted by atomic mass is 16.6. The molecule has 0 amide bonds. The van der Waals surface area contributed by atoms with Crippen molar-refractivity contribution in [3.63, 3.8) is 0 Å². The smallest absolute Gasteiger partial charge is 0.334 e. The molecule has 1 fully saturated rings. The van der Waals surface area contributed by atoms with Crippen LogP contribution in [0.25, 0.3) is 0 Å². The van der Waals surface area contributed by atoms with Gasteiger partial charge in [-0.2, -0.15) is 5.10 Å². The van der Waals surface area contributed by atoms with Crippen LogP contribution in [0.2, 0.25) is 0 Å². The van der Waals surface area contributed by atoms with Crippen molar-refractivity contribution in [2.24, 2.45) is 18.7 Å². The zero-order valence-corrected chi connectivity index (χ0v) is 12.5. The first-order valence-corrected chi connectivity index (χ1v) is 7.04. The Hall–Kier alpha value is -1.63. The quantitative estimate of drug-likeness (QED) is 0.671. The molecular weight excluding hydrogens is 258 g/mol. The average Bonchev–Trinajstić information content (AvgIpc) is 2.71. The van der Waals surface area contributed by atoms with E-state index in [0.29, 0.717) is 24.0 Å². The molecule has 7 nitrogen and oxygen atoms in total. The number of hydrogen-bond donors (Lipinski definition) is 1. The van der Waals surface area contributed by atoms with Gasteiger partial charge in [-0.25, -0.2) is 4.68 Å². The third-order valence-corrected chi connectivity index (χ3v) is 4.06. The minimum atomic E-state index is -0.318. The zero-order valence-electron chi connectivity index (χ0n) is 12.5. The number of piperidine rings is 1. The molecule has 1 aromatic rings. The maximum atomic E-state index is 11.4. The molecule has 112 valence electrons. The molecule has 2 N–H and O–H groups in total. The molecular formula is C13H23N5O2. The number of aryl methyl sites for hydroxylation is 1. The van der Waals surface area contributed by atoms with E-state index in [1.807, 2.05) is 18.7 Å². The molecule has 2 rings (SSSR count). The van der Waals surface area contributed by atoms with Crippen molar-refractivity contribution >= 4 is 11.5 Å². The van der Waals surface area contributed by atoms with Gasteiger partial charge in [0.05, 0.1) is 4.92 Å². The fraction of sp³-hybridized carbons (Fsp3) is 0.769. The van der Waals surface area contributed by atoms with Gasteiger partial charge in [0, 0.05) is 32.1 Å². The fourth-order valence-corrected chi connectivity index (χ4v) is 2.73. The van der Waals surface area contributed by atoms with Crippen molar-refractivity contribution in [2.45, 2.75) is 39.2 Å². The van der Waals surface area contributed by atoms with Crippen LogP contribution in [0.1, 0.15) is 38.8 Å². The fourth-order valence-electron chi connectivity index (χ4n) is 2.73. The molecule has 0 bridgehead atoms. The monoisotopic (exact) mass is 281 g/mol. The van der Waals surface area contributed by atoms with E-state index in [2.05, 4.69) is 12.0 Å². The van der Waals surface area contributed by atoms with E-state index < -0.39 is 0 Å². The van der Waals surface area contributed by atoms with Gasteiger partial charge < -0.3 is 10.6 Å². The lowest BCUT2D eigenvalue weighted by Gasteiger charge is -2.35. The second-order valence-electron chi connectivity index (χ2n) is 5.97. The van der Waals surface area contributed by atoms with E-state index in [-0.39, 0.29) is 22.6 Å². The van der Waals surface area contributed by atoms with E-state index >= 15 is 0 Å². The summed E-state index contributed by atoms with van der Waals surface area (Å²) >= 11 is 0. The molecule has 2 heterocycles. The molecule has 0 aliphatic carbocycles. The van der Waals surface area contributed by atoms with Crippen LogP contribution in [0, 0.1) is 16.0 Å². The molecule has 20 heavy (non-hydrogen) atoms. The van der Waals surface area contributed by atoms with Gasteiger partial charge in [0.2, 0.25) is 5.82 Å². The Morgan fingerprint density at radius 2 is 2.15 bits per heavy atom. The Kier molecular flexibility index (Phi) is 3.99. The van der Waals surface area contributed by atoms with E-state index in [1.54, 1.807) is 11.7 Å². The number of aromatic nitrogens is 2. The van der Waals surface area contributed by atoms with Gasteiger partial charge in [-0.05, 0) is 12.3 Å². The zero-order chi connectivity index (χ0) is 15.0. The lowest BCUT2D eigenvalue weighted by Crippen LogP contribution is -2.48. The highest BCUT2D eigenvalue weighted by Gasteiger charge is 2.34. The molecule has 1 aliphatic heterocycles. The summed E-state index contributed by atoms with van der Waals surface area (Å²) < 4.78 is 1.62. The van der Waals surface area contributed by atoms with E-state index in [0.717, 1.165) is 13.0 Å². The van der Waals surface area contributed by atoms with Crippen LogP contribution in [0.5, 0.6) is 0 Å². The first kappa shape index (κ1) is 14.8. The molecule has 1 saturated heterocycles. The number of nitrogens with zero attached hydrogens (tertiary/aromatic N) is 4. The molecule has 0 saturated carbocycles. The van der Waals surface area contributed by atoms with E-state index in [4.69, 9.17) is 5.73 Å². The molecule has 0 spiro atoms. The third kappa shape index (κ3) is 2.49. The summed E-state index contributed by atoms with van der Waals surface area (Å²) in [5.41, 5.74) is 6.78. The van der Waals surface area contributed by atoms with Crippen molar-refractivity contribution in [1.82, 2.24) is 9.78 Å². The van der Waals surface area contributed by atoms with Crippen LogP contribution in [-0.4, -0.2) is 33.8 Å². The van der Waals surface area contributed by atoms with Crippen LogP contribution < -0.4 is 10.6 Å². The van der Waals surface area contributed by atoms with Crippen molar-refractivity contribution in [2.75, 3.05) is 18.0 Å². The van der Waals surface area contributed by atoms with Crippen LogP contribution in [0.15, 0.2) is 0 Å². The molecule has 1 aromatic heterocycles. The van der Waals surface area contributed by atoms with Crippen molar-refractivity contribution in [3.05, 3.63) is 15.8 Å². The summed E-state index contributed by atoms with van der Waals surface area (Å²) in [5, 5.41) is 15.8. The summed E-state index contributed by atoms with van der Waals surface area (Å²) in [6.07, 6.45) is 0.945. The van der Waals surface area contributed by atoms with Crippen molar-refractivity contribution in [1.29, 1.82) is 0 Å². The maximum Gasteiger partial charge on any atom is 0.334 e. The number of nitro groups is 1. The van der Waals surface area contributed by atoms with Crippen LogP contribution >= 0.6 is 0 Å². The maximum absolute atomic E-state index is 11.4. The molecule has 1 aliphatic rings. The summed E-state index contributed by atoms with van der Waals surface area (Å²) in [5.74, 6) is 1.05. The second kappa shape index (κ2) is 5.40. The summed E-state index contributed by atoms with van der Waals surface area (Å²) in [4.78, 5) is 13.1. The van der Waals surface area contributed by atoms with E-state index in [1.165, 1.54) is 0 Å². The summed E-state index contributed by atoms with van der Waals surface area (Å²) in [6.45, 7) is 7.39. The lowest BCUT2D eigenvalue weighted by atomic mass is 9.94. The third-order valence-electron chi connectivity index (χ3n) is 4.06. The van der Waals surface area contributed by atoms with Crippen LogP contribution in [0.3, 0.4) is 0 Å². The predicted molar refractivity (Wildman–Crippen MR) is 77.9 cm³/mol. The van der Waals surface area contributed by atoms with Gasteiger partial charge in [-0.15, -0.1) is 0 Å². The largest absolute Gasteiger partial charge is 0.350 e. The Morgan fingerprint density at radius 1 is 1.50 bits per heavy atom. The van der Waals surface area contributed by atoms with Crippen molar-refractivity contribution < 1.29 is 4.92 Å². The Balaban J connectivity index is 2.43. The highest BCUT2D eigenvalue weighted by Crippen LogP contribution is 2.36. The molecule has 0 aromatic carbocycles. The summed E-state index contributed by atoms with van der Waals surface area (Å²) in [6, 6.07) is 0.0424. The minimum absolute atomic E-state index is 0.0211. The Labute approximate surface area is 118 Å². The lowest BCUT2D eigenvalue weighted by molar-refractivity contribution is -0.385. The number of rotatable bonds is 3. The Morgan fingerprint density at radius 3 is 2.65 bits per heavy atom. The van der Waals surface area contributed by atoms with Gasteiger partial charge in [-0.3, -0.25) is 10.1 Å². The average molecular weight is 281 g/mol. The van der Waals surface area contributed by atoms with Gasteiger partial charge in [0.15, 0.2) is 0 Å². The molecule has 7 heteroatoms. The van der Waals surface area contributed by atoms with Crippen LogP contribution in [-0.2, 0) is 7.05 Å². The van der Waals surface area contributed by atoms with Crippen molar-refractivity contribution in [3.8, 4) is 0 Å². The molecule has 0 radical (unpaired) electrons.